The van der Waals surface area contributed by atoms with Gasteiger partial charge in [0, 0.05) is 4.47 Å². The second-order valence-corrected chi connectivity index (χ2v) is 5.82. The van der Waals surface area contributed by atoms with E-state index in [4.69, 9.17) is 17.3 Å². The van der Waals surface area contributed by atoms with E-state index in [9.17, 15) is 0 Å². The number of nitrogens with zero attached hydrogens (tertiary/aromatic N) is 2. The van der Waals surface area contributed by atoms with Crippen LogP contribution in [0.5, 0.6) is 0 Å². The number of anilines is 1. The van der Waals surface area contributed by atoms with E-state index in [1.54, 1.807) is 4.68 Å². The van der Waals surface area contributed by atoms with Crippen molar-refractivity contribution in [1.82, 2.24) is 9.78 Å². The molecule has 0 aliphatic rings. The number of rotatable bonds is 3. The molecule has 5 heteroatoms. The topological polar surface area (TPSA) is 43.8 Å². The zero-order valence-electron chi connectivity index (χ0n) is 10.3. The molecule has 0 radical (unpaired) electrons. The van der Waals surface area contributed by atoms with Crippen molar-refractivity contribution >= 4 is 33.3 Å². The molecule has 0 saturated heterocycles. The SMILES string of the molecule is CC(C)c1nn(Cc2cccc(Br)c2)c(N)c1Cl. The van der Waals surface area contributed by atoms with Crippen molar-refractivity contribution in [2.45, 2.75) is 26.3 Å². The largest absolute Gasteiger partial charge is 0.383 e. The maximum Gasteiger partial charge on any atom is 0.141 e. The Morgan fingerprint density at radius 2 is 2.17 bits per heavy atom. The Hall–Kier alpha value is -1.00. The molecule has 2 rings (SSSR count). The van der Waals surface area contributed by atoms with E-state index in [0.717, 1.165) is 15.7 Å². The van der Waals surface area contributed by atoms with E-state index in [1.807, 2.05) is 24.3 Å². The van der Waals surface area contributed by atoms with Gasteiger partial charge in [0.2, 0.25) is 0 Å². The van der Waals surface area contributed by atoms with Crippen molar-refractivity contribution in [2.75, 3.05) is 5.73 Å². The van der Waals surface area contributed by atoms with Crippen LogP contribution in [0.4, 0.5) is 5.82 Å². The number of hydrogen-bond acceptors (Lipinski definition) is 2. The summed E-state index contributed by atoms with van der Waals surface area (Å²) in [6.45, 7) is 4.73. The zero-order chi connectivity index (χ0) is 13.3. The first-order valence-corrected chi connectivity index (χ1v) is 6.92. The van der Waals surface area contributed by atoms with Crippen molar-refractivity contribution in [3.8, 4) is 0 Å². The second-order valence-electron chi connectivity index (χ2n) is 4.53. The molecule has 0 unspecified atom stereocenters. The molecule has 2 aromatic rings. The van der Waals surface area contributed by atoms with Crippen LogP contribution in [-0.2, 0) is 6.54 Å². The summed E-state index contributed by atoms with van der Waals surface area (Å²) in [5.41, 5.74) is 7.97. The summed E-state index contributed by atoms with van der Waals surface area (Å²) >= 11 is 9.64. The molecule has 1 heterocycles. The van der Waals surface area contributed by atoms with E-state index in [2.05, 4.69) is 34.9 Å². The Morgan fingerprint density at radius 1 is 1.44 bits per heavy atom. The van der Waals surface area contributed by atoms with Crippen LogP contribution < -0.4 is 5.73 Å². The molecule has 96 valence electrons. The summed E-state index contributed by atoms with van der Waals surface area (Å²) in [4.78, 5) is 0. The lowest BCUT2D eigenvalue weighted by atomic mass is 10.1. The van der Waals surface area contributed by atoms with E-state index >= 15 is 0 Å². The number of benzene rings is 1. The van der Waals surface area contributed by atoms with Crippen LogP contribution in [0.2, 0.25) is 5.02 Å². The van der Waals surface area contributed by atoms with Gasteiger partial charge in [-0.05, 0) is 23.6 Å². The molecule has 1 aromatic heterocycles. The first kappa shape index (κ1) is 13.4. The monoisotopic (exact) mass is 327 g/mol. The average molecular weight is 329 g/mol. The minimum absolute atomic E-state index is 0.267. The highest BCUT2D eigenvalue weighted by atomic mass is 79.9. The van der Waals surface area contributed by atoms with Crippen LogP contribution in [0, 0.1) is 0 Å². The summed E-state index contributed by atoms with van der Waals surface area (Å²) in [5, 5.41) is 5.05. The Morgan fingerprint density at radius 3 is 2.72 bits per heavy atom. The Balaban J connectivity index is 2.32. The summed E-state index contributed by atoms with van der Waals surface area (Å²) in [7, 11) is 0. The lowest BCUT2D eigenvalue weighted by Crippen LogP contribution is -2.06. The van der Waals surface area contributed by atoms with Gasteiger partial charge in [0.25, 0.3) is 0 Å². The molecule has 18 heavy (non-hydrogen) atoms. The molecule has 0 atom stereocenters. The molecular formula is C13H15BrClN3. The smallest absolute Gasteiger partial charge is 0.141 e. The third-order valence-electron chi connectivity index (χ3n) is 2.72. The van der Waals surface area contributed by atoms with Gasteiger partial charge in [-0.2, -0.15) is 5.10 Å². The third-order valence-corrected chi connectivity index (χ3v) is 3.61. The number of nitrogens with two attached hydrogens (primary N) is 1. The number of aromatic nitrogens is 2. The molecule has 1 aromatic carbocycles. The lowest BCUT2D eigenvalue weighted by molar-refractivity contribution is 0.664. The predicted molar refractivity (Wildman–Crippen MR) is 79.0 cm³/mol. The Bertz CT molecular complexity index is 563. The summed E-state index contributed by atoms with van der Waals surface area (Å²) in [6, 6.07) is 8.06. The normalized spacial score (nSPS) is 11.2. The van der Waals surface area contributed by atoms with Crippen LogP contribution >= 0.6 is 27.5 Å². The zero-order valence-corrected chi connectivity index (χ0v) is 12.7. The molecular weight excluding hydrogens is 314 g/mol. The van der Waals surface area contributed by atoms with Gasteiger partial charge in [-0.3, -0.25) is 0 Å². The van der Waals surface area contributed by atoms with Crippen molar-refractivity contribution in [3.63, 3.8) is 0 Å². The fourth-order valence-electron chi connectivity index (χ4n) is 1.77. The maximum absolute atomic E-state index is 6.19. The molecule has 0 aliphatic heterocycles. The molecule has 0 spiro atoms. The summed E-state index contributed by atoms with van der Waals surface area (Å²) in [5.74, 6) is 0.795. The average Bonchev–Trinajstić information content (AvgIpc) is 2.58. The van der Waals surface area contributed by atoms with Crippen molar-refractivity contribution in [1.29, 1.82) is 0 Å². The molecule has 0 fully saturated rings. The molecule has 3 nitrogen and oxygen atoms in total. The molecule has 0 amide bonds. The van der Waals surface area contributed by atoms with E-state index in [-0.39, 0.29) is 5.92 Å². The quantitative estimate of drug-likeness (QED) is 0.923. The standard InChI is InChI=1S/C13H15BrClN3/c1-8(2)12-11(15)13(16)18(17-12)7-9-4-3-5-10(14)6-9/h3-6,8H,7,16H2,1-2H3. The van der Waals surface area contributed by atoms with Gasteiger partial charge in [0.1, 0.15) is 10.8 Å². The van der Waals surface area contributed by atoms with E-state index in [0.29, 0.717) is 17.4 Å². The fraction of sp³-hybridized carbons (Fsp3) is 0.308. The van der Waals surface area contributed by atoms with E-state index in [1.165, 1.54) is 0 Å². The van der Waals surface area contributed by atoms with Gasteiger partial charge < -0.3 is 5.73 Å². The lowest BCUT2D eigenvalue weighted by Gasteiger charge is -2.04. The molecule has 0 bridgehead atoms. The predicted octanol–water partition coefficient (Wildman–Crippen LogP) is 4.05. The van der Waals surface area contributed by atoms with Gasteiger partial charge in [0.05, 0.1) is 12.2 Å². The van der Waals surface area contributed by atoms with Gasteiger partial charge >= 0.3 is 0 Å². The first-order chi connectivity index (χ1) is 8.49. The summed E-state index contributed by atoms with van der Waals surface area (Å²) < 4.78 is 2.79. The highest BCUT2D eigenvalue weighted by molar-refractivity contribution is 9.10. The van der Waals surface area contributed by atoms with Crippen LogP contribution in [0.1, 0.15) is 31.0 Å². The highest BCUT2D eigenvalue weighted by Crippen LogP contribution is 2.29. The van der Waals surface area contributed by atoms with Crippen LogP contribution in [0.25, 0.3) is 0 Å². The van der Waals surface area contributed by atoms with Gasteiger partial charge in [-0.15, -0.1) is 0 Å². The van der Waals surface area contributed by atoms with Crippen LogP contribution in [0.3, 0.4) is 0 Å². The number of hydrogen-bond donors (Lipinski definition) is 1. The Kier molecular flexibility index (Phi) is 3.97. The second kappa shape index (κ2) is 5.33. The fourth-order valence-corrected chi connectivity index (χ4v) is 2.57. The molecule has 2 N–H and O–H groups in total. The minimum atomic E-state index is 0.267. The first-order valence-electron chi connectivity index (χ1n) is 5.75. The van der Waals surface area contributed by atoms with Crippen molar-refractivity contribution in [3.05, 3.63) is 45.0 Å². The Labute approximate surface area is 120 Å². The van der Waals surface area contributed by atoms with Crippen molar-refractivity contribution < 1.29 is 0 Å². The van der Waals surface area contributed by atoms with Gasteiger partial charge in [-0.25, -0.2) is 4.68 Å². The third kappa shape index (κ3) is 2.70. The van der Waals surface area contributed by atoms with Crippen LogP contribution in [-0.4, -0.2) is 9.78 Å². The minimum Gasteiger partial charge on any atom is -0.383 e. The van der Waals surface area contributed by atoms with Crippen LogP contribution in [0.15, 0.2) is 28.7 Å². The van der Waals surface area contributed by atoms with Gasteiger partial charge in [0.15, 0.2) is 0 Å². The van der Waals surface area contributed by atoms with Crippen molar-refractivity contribution in [2.24, 2.45) is 0 Å². The van der Waals surface area contributed by atoms with Gasteiger partial charge in [-0.1, -0.05) is 53.5 Å². The number of nitrogen functional groups attached to an aromatic ring is 1. The number of halogens is 2. The highest BCUT2D eigenvalue weighted by Gasteiger charge is 2.16. The maximum atomic E-state index is 6.19. The summed E-state index contributed by atoms with van der Waals surface area (Å²) in [6.07, 6.45) is 0. The molecule has 0 aliphatic carbocycles. The van der Waals surface area contributed by atoms with E-state index < -0.39 is 0 Å². The molecule has 0 saturated carbocycles.